The van der Waals surface area contributed by atoms with E-state index in [0.29, 0.717) is 12.0 Å². The van der Waals surface area contributed by atoms with Gasteiger partial charge in [-0.1, -0.05) is 0 Å². The van der Waals surface area contributed by atoms with Crippen LogP contribution in [-0.4, -0.2) is 9.55 Å². The van der Waals surface area contributed by atoms with Crippen molar-refractivity contribution in [2.45, 2.75) is 38.4 Å². The van der Waals surface area contributed by atoms with E-state index in [0.717, 1.165) is 36.0 Å². The first kappa shape index (κ1) is 14.1. The van der Waals surface area contributed by atoms with Gasteiger partial charge in [-0.3, -0.25) is 0 Å². The highest BCUT2D eigenvalue weighted by molar-refractivity contribution is 5.47. The Morgan fingerprint density at radius 2 is 2.05 bits per heavy atom. The predicted octanol–water partition coefficient (Wildman–Crippen LogP) is 3.40. The van der Waals surface area contributed by atoms with Gasteiger partial charge in [0.05, 0.1) is 17.6 Å². The molecule has 112 valence electrons. The minimum Gasteiger partial charge on any atom is -0.323 e. The second kappa shape index (κ2) is 4.87. The fourth-order valence-corrected chi connectivity index (χ4v) is 2.87. The summed E-state index contributed by atoms with van der Waals surface area (Å²) in [4.78, 5) is 4.32. The van der Waals surface area contributed by atoms with Crippen molar-refractivity contribution in [1.29, 1.82) is 0 Å². The molecule has 2 heterocycles. The molecule has 0 aliphatic carbocycles. The molecule has 2 aromatic rings. The number of imidazole rings is 1. The number of nitrogens with two attached hydrogens (primary N) is 1. The van der Waals surface area contributed by atoms with E-state index in [4.69, 9.17) is 5.73 Å². The van der Waals surface area contributed by atoms with Crippen LogP contribution < -0.4 is 5.73 Å². The number of hydrogen-bond donors (Lipinski definition) is 1. The molecule has 0 radical (unpaired) electrons. The molecule has 0 spiro atoms. The summed E-state index contributed by atoms with van der Waals surface area (Å²) in [7, 11) is 0. The van der Waals surface area contributed by atoms with Gasteiger partial charge in [-0.2, -0.15) is 13.2 Å². The Morgan fingerprint density at radius 3 is 2.71 bits per heavy atom. The zero-order valence-electron chi connectivity index (χ0n) is 11.6. The summed E-state index contributed by atoms with van der Waals surface area (Å²) in [6, 6.07) is 3.71. The van der Waals surface area contributed by atoms with Crippen molar-refractivity contribution in [3.63, 3.8) is 0 Å². The SMILES string of the molecule is C[C@H](N)c1ncn2c1CCCc1cc(C(F)(F)F)ccc1-2. The van der Waals surface area contributed by atoms with Crippen molar-refractivity contribution >= 4 is 0 Å². The summed E-state index contributed by atoms with van der Waals surface area (Å²) in [5.74, 6) is 0. The monoisotopic (exact) mass is 295 g/mol. The number of benzene rings is 1. The Morgan fingerprint density at radius 1 is 1.29 bits per heavy atom. The first-order valence-electron chi connectivity index (χ1n) is 6.90. The van der Waals surface area contributed by atoms with Crippen LogP contribution in [0.2, 0.25) is 0 Å². The molecule has 21 heavy (non-hydrogen) atoms. The Hall–Kier alpha value is -1.82. The maximum atomic E-state index is 12.8. The summed E-state index contributed by atoms with van der Waals surface area (Å²) < 4.78 is 40.4. The van der Waals surface area contributed by atoms with Gasteiger partial charge in [0.15, 0.2) is 0 Å². The lowest BCUT2D eigenvalue weighted by molar-refractivity contribution is -0.137. The molecule has 1 aliphatic heterocycles. The molecule has 3 nitrogen and oxygen atoms in total. The molecule has 1 atom stereocenters. The maximum Gasteiger partial charge on any atom is 0.416 e. The molecule has 3 rings (SSSR count). The van der Waals surface area contributed by atoms with Gasteiger partial charge >= 0.3 is 6.18 Å². The van der Waals surface area contributed by atoms with E-state index < -0.39 is 11.7 Å². The van der Waals surface area contributed by atoms with E-state index >= 15 is 0 Å². The third-order valence-corrected chi connectivity index (χ3v) is 3.86. The summed E-state index contributed by atoms with van der Waals surface area (Å²) in [6.45, 7) is 1.86. The van der Waals surface area contributed by atoms with Crippen LogP contribution in [0.1, 0.15) is 41.9 Å². The summed E-state index contributed by atoms with van der Waals surface area (Å²) in [5.41, 5.74) is 8.61. The fourth-order valence-electron chi connectivity index (χ4n) is 2.87. The minimum absolute atomic E-state index is 0.183. The largest absolute Gasteiger partial charge is 0.416 e. The number of aryl methyl sites for hydroxylation is 1. The smallest absolute Gasteiger partial charge is 0.323 e. The van der Waals surface area contributed by atoms with Crippen LogP contribution in [0.25, 0.3) is 5.69 Å². The third-order valence-electron chi connectivity index (χ3n) is 3.86. The molecule has 0 amide bonds. The average Bonchev–Trinajstić information content (AvgIpc) is 2.73. The number of nitrogens with zero attached hydrogens (tertiary/aromatic N) is 2. The van der Waals surface area contributed by atoms with Crippen molar-refractivity contribution in [3.8, 4) is 5.69 Å². The number of halogens is 3. The van der Waals surface area contributed by atoms with Gasteiger partial charge in [-0.25, -0.2) is 4.98 Å². The summed E-state index contributed by atoms with van der Waals surface area (Å²) in [6.07, 6.45) is -0.465. The van der Waals surface area contributed by atoms with Gasteiger partial charge in [0, 0.05) is 17.4 Å². The van der Waals surface area contributed by atoms with E-state index in [1.54, 1.807) is 6.33 Å². The Kier molecular flexibility index (Phi) is 3.28. The van der Waals surface area contributed by atoms with Gasteiger partial charge in [0.25, 0.3) is 0 Å². The first-order chi connectivity index (χ1) is 9.88. The zero-order valence-corrected chi connectivity index (χ0v) is 11.6. The van der Waals surface area contributed by atoms with Crippen LogP contribution in [0.4, 0.5) is 13.2 Å². The van der Waals surface area contributed by atoms with Crippen LogP contribution in [0.15, 0.2) is 24.5 Å². The molecular weight excluding hydrogens is 279 g/mol. The minimum atomic E-state index is -4.31. The molecule has 1 aromatic heterocycles. The van der Waals surface area contributed by atoms with Gasteiger partial charge in [0.2, 0.25) is 0 Å². The number of fused-ring (bicyclic) bond motifs is 3. The zero-order chi connectivity index (χ0) is 15.2. The Balaban J connectivity index is 2.13. The Bertz CT molecular complexity index is 671. The van der Waals surface area contributed by atoms with Crippen molar-refractivity contribution in [3.05, 3.63) is 47.0 Å². The van der Waals surface area contributed by atoms with E-state index in [-0.39, 0.29) is 6.04 Å². The molecule has 1 aliphatic rings. The number of hydrogen-bond acceptors (Lipinski definition) is 2. The average molecular weight is 295 g/mol. The van der Waals surface area contributed by atoms with Crippen molar-refractivity contribution < 1.29 is 13.2 Å². The lowest BCUT2D eigenvalue weighted by atomic mass is 10.0. The normalized spacial score (nSPS) is 16.0. The highest BCUT2D eigenvalue weighted by Crippen LogP contribution is 2.34. The van der Waals surface area contributed by atoms with Crippen LogP contribution in [-0.2, 0) is 19.0 Å². The molecule has 6 heteroatoms. The molecule has 0 fully saturated rings. The van der Waals surface area contributed by atoms with Gasteiger partial charge in [-0.15, -0.1) is 0 Å². The summed E-state index contributed by atoms with van der Waals surface area (Å²) in [5, 5.41) is 0. The highest BCUT2D eigenvalue weighted by Gasteiger charge is 2.31. The van der Waals surface area contributed by atoms with Crippen LogP contribution in [0.5, 0.6) is 0 Å². The predicted molar refractivity (Wildman–Crippen MR) is 73.2 cm³/mol. The number of rotatable bonds is 1. The van der Waals surface area contributed by atoms with Gasteiger partial charge in [0.1, 0.15) is 0 Å². The second-order valence-electron chi connectivity index (χ2n) is 5.43. The van der Waals surface area contributed by atoms with Crippen LogP contribution >= 0.6 is 0 Å². The number of alkyl halides is 3. The van der Waals surface area contributed by atoms with E-state index in [1.165, 1.54) is 12.1 Å². The summed E-state index contributed by atoms with van der Waals surface area (Å²) >= 11 is 0. The molecule has 0 saturated carbocycles. The van der Waals surface area contributed by atoms with Crippen LogP contribution in [0, 0.1) is 0 Å². The lowest BCUT2D eigenvalue weighted by Crippen LogP contribution is -2.10. The van der Waals surface area contributed by atoms with Crippen LogP contribution in [0.3, 0.4) is 0 Å². The quantitative estimate of drug-likeness (QED) is 0.876. The van der Waals surface area contributed by atoms with E-state index in [2.05, 4.69) is 4.98 Å². The van der Waals surface area contributed by atoms with Crippen molar-refractivity contribution in [2.75, 3.05) is 0 Å². The standard InChI is InChI=1S/C15H16F3N3/c1-9(19)14-13-4-2-3-10-7-11(15(16,17)18)5-6-12(10)21(13)8-20-14/h5-9H,2-4,19H2,1H3/t9-/m0/s1. The first-order valence-corrected chi connectivity index (χ1v) is 6.90. The fraction of sp³-hybridized carbons (Fsp3) is 0.400. The second-order valence-corrected chi connectivity index (χ2v) is 5.43. The third kappa shape index (κ3) is 2.44. The Labute approximate surface area is 120 Å². The molecule has 2 N–H and O–H groups in total. The van der Waals surface area contributed by atoms with Gasteiger partial charge in [-0.05, 0) is 49.9 Å². The maximum absolute atomic E-state index is 12.8. The van der Waals surface area contributed by atoms with E-state index in [9.17, 15) is 13.2 Å². The molecular formula is C15H16F3N3. The topological polar surface area (TPSA) is 43.8 Å². The molecule has 0 saturated heterocycles. The van der Waals surface area contributed by atoms with Gasteiger partial charge < -0.3 is 10.3 Å². The van der Waals surface area contributed by atoms with Crippen molar-refractivity contribution in [1.82, 2.24) is 9.55 Å². The number of aromatic nitrogens is 2. The highest BCUT2D eigenvalue weighted by atomic mass is 19.4. The molecule has 0 unspecified atom stereocenters. The molecule has 0 bridgehead atoms. The van der Waals surface area contributed by atoms with E-state index in [1.807, 2.05) is 11.5 Å². The lowest BCUT2D eigenvalue weighted by Gasteiger charge is -2.13. The van der Waals surface area contributed by atoms with Crippen molar-refractivity contribution in [2.24, 2.45) is 5.73 Å². The molecule has 1 aromatic carbocycles.